The first-order chi connectivity index (χ1) is 9.22. The van der Waals surface area contributed by atoms with E-state index < -0.39 is 0 Å². The molecule has 0 aliphatic rings. The number of phenolic OH excluding ortho intramolecular Hbond substituents is 2. The lowest BCUT2D eigenvalue weighted by molar-refractivity contribution is 0.370. The van der Waals surface area contributed by atoms with Gasteiger partial charge in [0.05, 0.1) is 12.5 Å². The van der Waals surface area contributed by atoms with Gasteiger partial charge in [-0.25, -0.2) is 0 Å². The number of aromatic hydroxyl groups is 2. The van der Waals surface area contributed by atoms with Crippen LogP contribution in [0.5, 0.6) is 17.2 Å². The zero-order valence-corrected chi connectivity index (χ0v) is 10.1. The minimum absolute atomic E-state index is 0.101. The first kappa shape index (κ1) is 11.4. The molecule has 2 aromatic carbocycles. The predicted octanol–water partition coefficient (Wildman–Crippen LogP) is 2.91. The molecule has 0 aliphatic heterocycles. The number of hydrogen-bond acceptors (Lipinski definition) is 5. The molecule has 0 unspecified atom stereocenters. The van der Waals surface area contributed by atoms with Crippen molar-refractivity contribution in [2.75, 3.05) is 7.11 Å². The summed E-state index contributed by atoms with van der Waals surface area (Å²) in [6, 6.07) is 10.6. The first-order valence-electron chi connectivity index (χ1n) is 5.66. The smallest absolute Gasteiger partial charge is 0.213 e. The maximum atomic E-state index is 10.2. The second-order valence-corrected chi connectivity index (χ2v) is 4.05. The highest BCUT2D eigenvalue weighted by atomic mass is 16.5. The summed E-state index contributed by atoms with van der Waals surface area (Å²) >= 11 is 0. The molecule has 0 fully saturated rings. The van der Waals surface area contributed by atoms with Gasteiger partial charge in [-0.05, 0) is 0 Å². The zero-order valence-electron chi connectivity index (χ0n) is 10.1. The molecule has 19 heavy (non-hydrogen) atoms. The molecule has 0 amide bonds. The van der Waals surface area contributed by atoms with Crippen molar-refractivity contribution in [3.8, 4) is 28.5 Å². The molecule has 0 bridgehead atoms. The number of phenols is 2. The molecule has 0 saturated heterocycles. The van der Waals surface area contributed by atoms with Crippen molar-refractivity contribution < 1.29 is 19.5 Å². The summed E-state index contributed by atoms with van der Waals surface area (Å²) in [7, 11) is 1.41. The van der Waals surface area contributed by atoms with Crippen molar-refractivity contribution in [3.63, 3.8) is 0 Å². The molecule has 3 rings (SSSR count). The van der Waals surface area contributed by atoms with Crippen molar-refractivity contribution in [2.45, 2.75) is 0 Å². The SMILES string of the molecule is COc1cc(O)c2onc(-c3ccccc3)c2c1O. The maximum absolute atomic E-state index is 10.2. The molecule has 1 aromatic heterocycles. The van der Waals surface area contributed by atoms with Crippen LogP contribution in [-0.4, -0.2) is 22.5 Å². The van der Waals surface area contributed by atoms with E-state index in [0.717, 1.165) is 5.56 Å². The van der Waals surface area contributed by atoms with E-state index in [1.807, 2.05) is 30.3 Å². The fourth-order valence-electron chi connectivity index (χ4n) is 2.01. The van der Waals surface area contributed by atoms with Gasteiger partial charge in [0.1, 0.15) is 5.69 Å². The molecule has 0 radical (unpaired) electrons. The van der Waals surface area contributed by atoms with Crippen molar-refractivity contribution in [1.29, 1.82) is 0 Å². The number of fused-ring (bicyclic) bond motifs is 1. The lowest BCUT2D eigenvalue weighted by Gasteiger charge is -2.05. The second kappa shape index (κ2) is 4.20. The molecular weight excluding hydrogens is 246 g/mol. The number of ether oxygens (including phenoxy) is 1. The fraction of sp³-hybridized carbons (Fsp3) is 0.0714. The van der Waals surface area contributed by atoms with Crippen LogP contribution in [0.2, 0.25) is 0 Å². The predicted molar refractivity (Wildman–Crippen MR) is 69.3 cm³/mol. The highest BCUT2D eigenvalue weighted by Crippen LogP contribution is 2.44. The van der Waals surface area contributed by atoms with E-state index >= 15 is 0 Å². The molecular formula is C14H11NO4. The van der Waals surface area contributed by atoms with E-state index in [0.29, 0.717) is 11.1 Å². The minimum Gasteiger partial charge on any atom is -0.504 e. The highest BCUT2D eigenvalue weighted by molar-refractivity contribution is 6.00. The third kappa shape index (κ3) is 1.67. The van der Waals surface area contributed by atoms with Gasteiger partial charge in [-0.1, -0.05) is 35.5 Å². The highest BCUT2D eigenvalue weighted by Gasteiger charge is 2.21. The molecule has 0 saturated carbocycles. The molecule has 0 spiro atoms. The largest absolute Gasteiger partial charge is 0.504 e. The molecule has 0 atom stereocenters. The summed E-state index contributed by atoms with van der Waals surface area (Å²) in [5.74, 6) is -0.0554. The van der Waals surface area contributed by atoms with E-state index in [-0.39, 0.29) is 22.8 Å². The molecule has 96 valence electrons. The Morgan fingerprint density at radius 3 is 2.58 bits per heavy atom. The van der Waals surface area contributed by atoms with Crippen LogP contribution in [0.3, 0.4) is 0 Å². The monoisotopic (exact) mass is 257 g/mol. The van der Waals surface area contributed by atoms with Crippen molar-refractivity contribution in [1.82, 2.24) is 5.16 Å². The Morgan fingerprint density at radius 1 is 1.16 bits per heavy atom. The van der Waals surface area contributed by atoms with Crippen LogP contribution < -0.4 is 4.74 Å². The third-order valence-electron chi connectivity index (χ3n) is 2.93. The maximum Gasteiger partial charge on any atom is 0.213 e. The second-order valence-electron chi connectivity index (χ2n) is 4.05. The van der Waals surface area contributed by atoms with Gasteiger partial charge >= 0.3 is 0 Å². The van der Waals surface area contributed by atoms with E-state index in [9.17, 15) is 10.2 Å². The van der Waals surface area contributed by atoms with Gasteiger partial charge in [0.25, 0.3) is 0 Å². The summed E-state index contributed by atoms with van der Waals surface area (Å²) in [6.45, 7) is 0. The Labute approximate surface area is 108 Å². The van der Waals surface area contributed by atoms with Crippen LogP contribution in [0.1, 0.15) is 0 Å². The van der Waals surface area contributed by atoms with E-state index in [4.69, 9.17) is 9.26 Å². The number of benzene rings is 2. The van der Waals surface area contributed by atoms with Gasteiger partial charge in [0.2, 0.25) is 5.58 Å². The third-order valence-corrected chi connectivity index (χ3v) is 2.93. The van der Waals surface area contributed by atoms with Gasteiger partial charge in [-0.3, -0.25) is 0 Å². The molecule has 0 aliphatic carbocycles. The van der Waals surface area contributed by atoms with E-state index in [1.165, 1.54) is 13.2 Å². The average Bonchev–Trinajstić information content (AvgIpc) is 2.89. The number of hydrogen-bond donors (Lipinski definition) is 2. The molecule has 2 N–H and O–H groups in total. The van der Waals surface area contributed by atoms with Gasteiger partial charge in [0.15, 0.2) is 17.2 Å². The molecule has 5 heteroatoms. The van der Waals surface area contributed by atoms with Gasteiger partial charge in [-0.2, -0.15) is 0 Å². The number of rotatable bonds is 2. The quantitative estimate of drug-likeness (QED) is 0.690. The Kier molecular flexibility index (Phi) is 2.52. The van der Waals surface area contributed by atoms with Gasteiger partial charge in [0, 0.05) is 11.6 Å². The lowest BCUT2D eigenvalue weighted by Crippen LogP contribution is -1.85. The molecule has 5 nitrogen and oxygen atoms in total. The first-order valence-corrected chi connectivity index (χ1v) is 5.66. The summed E-state index contributed by atoms with van der Waals surface area (Å²) < 4.78 is 10.1. The topological polar surface area (TPSA) is 75.7 Å². The minimum atomic E-state index is -0.126. The summed E-state index contributed by atoms with van der Waals surface area (Å²) in [6.07, 6.45) is 0. The Bertz CT molecular complexity index is 734. The lowest BCUT2D eigenvalue weighted by atomic mass is 10.1. The van der Waals surface area contributed by atoms with Crippen LogP contribution in [-0.2, 0) is 0 Å². The Balaban J connectivity index is 2.36. The van der Waals surface area contributed by atoms with Crippen LogP contribution in [0.4, 0.5) is 0 Å². The van der Waals surface area contributed by atoms with Crippen molar-refractivity contribution >= 4 is 11.0 Å². The van der Waals surface area contributed by atoms with Crippen LogP contribution >= 0.6 is 0 Å². The number of nitrogens with zero attached hydrogens (tertiary/aromatic N) is 1. The van der Waals surface area contributed by atoms with Crippen molar-refractivity contribution in [3.05, 3.63) is 36.4 Å². The number of aromatic nitrogens is 1. The van der Waals surface area contributed by atoms with Gasteiger partial charge < -0.3 is 19.5 Å². The number of methoxy groups -OCH3 is 1. The van der Waals surface area contributed by atoms with Crippen molar-refractivity contribution in [2.24, 2.45) is 0 Å². The van der Waals surface area contributed by atoms with Crippen LogP contribution in [0.15, 0.2) is 40.9 Å². The van der Waals surface area contributed by atoms with Gasteiger partial charge in [-0.15, -0.1) is 0 Å². The summed E-state index contributed by atoms with van der Waals surface area (Å²) in [5.41, 5.74) is 1.38. The standard InChI is InChI=1S/C14H11NO4/c1-18-10-7-9(16)14-11(13(10)17)12(15-19-14)8-5-3-2-4-6-8/h2-7,16-17H,1H3. The van der Waals surface area contributed by atoms with E-state index in [1.54, 1.807) is 0 Å². The van der Waals surface area contributed by atoms with E-state index in [2.05, 4.69) is 5.16 Å². The zero-order chi connectivity index (χ0) is 13.4. The van der Waals surface area contributed by atoms with Crippen LogP contribution in [0.25, 0.3) is 22.2 Å². The Hall–Kier alpha value is -2.69. The fourth-order valence-corrected chi connectivity index (χ4v) is 2.01. The summed E-state index contributed by atoms with van der Waals surface area (Å²) in [4.78, 5) is 0. The Morgan fingerprint density at radius 2 is 1.89 bits per heavy atom. The van der Waals surface area contributed by atoms with Crippen LogP contribution in [0, 0.1) is 0 Å². The molecule has 3 aromatic rings. The normalized spacial score (nSPS) is 10.8. The average molecular weight is 257 g/mol. The molecule has 1 heterocycles. The summed E-state index contributed by atoms with van der Waals surface area (Å²) in [5, 5.41) is 24.3.